The van der Waals surface area contributed by atoms with Crippen LogP contribution in [0.2, 0.25) is 0 Å². The van der Waals surface area contributed by atoms with Gasteiger partial charge < -0.3 is 30.5 Å². The highest BCUT2D eigenvalue weighted by Gasteiger charge is 2.48. The zero-order valence-corrected chi connectivity index (χ0v) is 21.8. The third-order valence-electron chi connectivity index (χ3n) is 7.43. The van der Waals surface area contributed by atoms with Crippen LogP contribution >= 0.6 is 0 Å². The largest absolute Gasteiger partial charge is 0.495 e. The lowest BCUT2D eigenvalue weighted by molar-refractivity contribution is -0.140. The second kappa shape index (κ2) is 10.6. The summed E-state index contributed by atoms with van der Waals surface area (Å²) in [5, 5.41) is 8.66. The van der Waals surface area contributed by atoms with Crippen LogP contribution < -0.4 is 30.5 Å². The standard InChI is InChI=1S/C26H31F2N7O4/c1-34-19-13-30-25(33-22(19)35(17-5-3-4-6-17)14-26(27,28)24(34)38)32-18-8-7-15(11-20(18)39-2)23(37)31-16-9-10-29-21(36)12-16/h7-8,11,13,16-17H,3-6,9-10,12,14H2,1-2H3,(H,29,36)(H,31,37)(H,30,32,33)/t16-/m0/s1. The third kappa shape index (κ3) is 5.43. The van der Waals surface area contributed by atoms with E-state index in [4.69, 9.17) is 4.74 Å². The van der Waals surface area contributed by atoms with E-state index in [0.717, 1.165) is 30.6 Å². The Morgan fingerprint density at radius 2 is 1.97 bits per heavy atom. The number of nitrogens with zero attached hydrogens (tertiary/aromatic N) is 4. The average molecular weight is 544 g/mol. The fourth-order valence-corrected chi connectivity index (χ4v) is 5.34. The van der Waals surface area contributed by atoms with E-state index in [0.29, 0.717) is 30.0 Å². The van der Waals surface area contributed by atoms with Crippen LogP contribution in [0.3, 0.4) is 0 Å². The number of aromatic nitrogens is 2. The smallest absolute Gasteiger partial charge is 0.342 e. The molecule has 3 N–H and O–H groups in total. The maximum Gasteiger partial charge on any atom is 0.342 e. The molecule has 11 nitrogen and oxygen atoms in total. The quantitative estimate of drug-likeness (QED) is 0.507. The molecule has 0 spiro atoms. The van der Waals surface area contributed by atoms with Crippen LogP contribution in [0.4, 0.5) is 31.9 Å². The van der Waals surface area contributed by atoms with E-state index >= 15 is 0 Å². The van der Waals surface area contributed by atoms with Crippen LogP contribution in [0.15, 0.2) is 24.4 Å². The number of anilines is 4. The number of methoxy groups -OCH3 is 1. The number of amides is 3. The number of nitrogens with one attached hydrogen (secondary N) is 3. The Balaban J connectivity index is 1.40. The second-order valence-corrected chi connectivity index (χ2v) is 10.1. The molecule has 1 saturated carbocycles. The summed E-state index contributed by atoms with van der Waals surface area (Å²) in [5.74, 6) is -4.55. The Bertz CT molecular complexity index is 1280. The van der Waals surface area contributed by atoms with Crippen molar-refractivity contribution >= 4 is 40.9 Å². The fraction of sp³-hybridized carbons (Fsp3) is 0.500. The molecule has 0 radical (unpaired) electrons. The van der Waals surface area contributed by atoms with Crippen molar-refractivity contribution < 1.29 is 27.9 Å². The summed E-state index contributed by atoms with van der Waals surface area (Å²) in [7, 11) is 2.76. The molecule has 3 aliphatic rings. The van der Waals surface area contributed by atoms with Gasteiger partial charge in [0.1, 0.15) is 11.4 Å². The molecule has 1 saturated heterocycles. The number of carbonyl (C=O) groups is 3. The maximum atomic E-state index is 14.8. The summed E-state index contributed by atoms with van der Waals surface area (Å²) in [5.41, 5.74) is 1.02. The van der Waals surface area contributed by atoms with Gasteiger partial charge in [-0.3, -0.25) is 14.4 Å². The van der Waals surface area contributed by atoms with E-state index in [1.54, 1.807) is 18.2 Å². The highest BCUT2D eigenvalue weighted by Crippen LogP contribution is 2.40. The first-order valence-corrected chi connectivity index (χ1v) is 13.0. The van der Waals surface area contributed by atoms with Gasteiger partial charge in [0.15, 0.2) is 5.82 Å². The number of hydrogen-bond donors (Lipinski definition) is 3. The lowest BCUT2D eigenvalue weighted by Crippen LogP contribution is -2.48. The van der Waals surface area contributed by atoms with Crippen molar-refractivity contribution in [1.82, 2.24) is 20.6 Å². The zero-order valence-electron chi connectivity index (χ0n) is 21.8. The molecule has 39 heavy (non-hydrogen) atoms. The molecule has 3 heterocycles. The van der Waals surface area contributed by atoms with E-state index < -0.39 is 18.4 Å². The number of benzene rings is 1. The van der Waals surface area contributed by atoms with E-state index in [2.05, 4.69) is 25.9 Å². The Morgan fingerprint density at radius 3 is 2.69 bits per heavy atom. The summed E-state index contributed by atoms with van der Waals surface area (Å²) in [4.78, 5) is 48.2. The van der Waals surface area contributed by atoms with Crippen LogP contribution in [0.25, 0.3) is 0 Å². The molecule has 2 aliphatic heterocycles. The zero-order chi connectivity index (χ0) is 27.7. The van der Waals surface area contributed by atoms with Gasteiger partial charge in [-0.25, -0.2) is 4.98 Å². The van der Waals surface area contributed by atoms with Crippen LogP contribution in [-0.4, -0.2) is 72.9 Å². The molecule has 2 fully saturated rings. The molecule has 208 valence electrons. The van der Waals surface area contributed by atoms with Gasteiger partial charge in [-0.2, -0.15) is 13.8 Å². The predicted octanol–water partition coefficient (Wildman–Crippen LogP) is 2.60. The van der Waals surface area contributed by atoms with Crippen molar-refractivity contribution in [2.45, 2.75) is 56.5 Å². The molecule has 0 unspecified atom stereocenters. The minimum Gasteiger partial charge on any atom is -0.495 e. The van der Waals surface area contributed by atoms with Crippen molar-refractivity contribution in [2.24, 2.45) is 0 Å². The Kier molecular flexibility index (Phi) is 7.23. The second-order valence-electron chi connectivity index (χ2n) is 10.1. The minimum atomic E-state index is -3.56. The molecule has 1 aromatic carbocycles. The number of rotatable bonds is 6. The number of alkyl halides is 2. The van der Waals surface area contributed by atoms with Crippen molar-refractivity contribution in [2.75, 3.05) is 42.4 Å². The first kappa shape index (κ1) is 26.6. The van der Waals surface area contributed by atoms with Gasteiger partial charge in [0.25, 0.3) is 11.8 Å². The number of carbonyl (C=O) groups excluding carboxylic acids is 3. The topological polar surface area (TPSA) is 129 Å². The molecule has 2 aromatic rings. The SMILES string of the molecule is COc1cc(C(=O)N[C@H]2CCNC(=O)C2)ccc1Nc1ncc2c(n1)N(C1CCCC1)CC(F)(F)C(=O)N2C. The number of hydrogen-bond acceptors (Lipinski definition) is 8. The lowest BCUT2D eigenvalue weighted by atomic mass is 10.1. The summed E-state index contributed by atoms with van der Waals surface area (Å²) in [6, 6.07) is 4.39. The van der Waals surface area contributed by atoms with Gasteiger partial charge in [-0.1, -0.05) is 12.8 Å². The predicted molar refractivity (Wildman–Crippen MR) is 140 cm³/mol. The number of halogens is 2. The molecular weight excluding hydrogens is 512 g/mol. The number of piperidine rings is 1. The monoisotopic (exact) mass is 543 g/mol. The molecule has 1 aromatic heterocycles. The van der Waals surface area contributed by atoms with Gasteiger partial charge in [0, 0.05) is 37.7 Å². The highest BCUT2D eigenvalue weighted by molar-refractivity contribution is 6.02. The molecule has 13 heteroatoms. The normalized spacial score (nSPS) is 21.2. The lowest BCUT2D eigenvalue weighted by Gasteiger charge is -2.31. The van der Waals surface area contributed by atoms with Crippen LogP contribution in [0, 0.1) is 0 Å². The molecular formula is C26H31F2N7O4. The Hall–Kier alpha value is -4.03. The van der Waals surface area contributed by atoms with Gasteiger partial charge in [0.05, 0.1) is 25.5 Å². The number of ether oxygens (including phenoxy) is 1. The number of fused-ring (bicyclic) bond motifs is 1. The van der Waals surface area contributed by atoms with Crippen molar-refractivity contribution in [3.8, 4) is 5.75 Å². The molecule has 5 rings (SSSR count). The summed E-state index contributed by atoms with van der Waals surface area (Å²) in [6.07, 6.45) is 5.56. The summed E-state index contributed by atoms with van der Waals surface area (Å²) in [6.45, 7) is -0.240. The molecule has 1 atom stereocenters. The third-order valence-corrected chi connectivity index (χ3v) is 7.43. The van der Waals surface area contributed by atoms with Gasteiger partial charge in [0.2, 0.25) is 11.9 Å². The van der Waals surface area contributed by atoms with Gasteiger partial charge in [-0.05, 0) is 37.5 Å². The molecule has 3 amide bonds. The Labute approximate surface area is 224 Å². The summed E-state index contributed by atoms with van der Waals surface area (Å²) >= 11 is 0. The van der Waals surface area contributed by atoms with Crippen molar-refractivity contribution in [3.05, 3.63) is 30.0 Å². The minimum absolute atomic E-state index is 0.102. The van der Waals surface area contributed by atoms with E-state index in [1.807, 2.05) is 0 Å². The van der Waals surface area contributed by atoms with Crippen LogP contribution in [0.1, 0.15) is 48.9 Å². The highest BCUT2D eigenvalue weighted by atomic mass is 19.3. The van der Waals surface area contributed by atoms with E-state index in [-0.39, 0.29) is 47.8 Å². The first-order valence-electron chi connectivity index (χ1n) is 13.0. The van der Waals surface area contributed by atoms with Crippen LogP contribution in [0.5, 0.6) is 5.75 Å². The van der Waals surface area contributed by atoms with Gasteiger partial charge in [-0.15, -0.1) is 0 Å². The van der Waals surface area contributed by atoms with Crippen molar-refractivity contribution in [3.63, 3.8) is 0 Å². The van der Waals surface area contributed by atoms with E-state index in [1.165, 1.54) is 25.3 Å². The maximum absolute atomic E-state index is 14.8. The molecule has 1 aliphatic carbocycles. The summed E-state index contributed by atoms with van der Waals surface area (Å²) < 4.78 is 35.1. The van der Waals surface area contributed by atoms with E-state index in [9.17, 15) is 23.2 Å². The Morgan fingerprint density at radius 1 is 1.21 bits per heavy atom. The van der Waals surface area contributed by atoms with Crippen LogP contribution in [-0.2, 0) is 9.59 Å². The first-order chi connectivity index (χ1) is 18.7. The fourth-order valence-electron chi connectivity index (χ4n) is 5.34. The van der Waals surface area contributed by atoms with Crippen molar-refractivity contribution in [1.29, 1.82) is 0 Å². The molecule has 0 bridgehead atoms. The average Bonchev–Trinajstić information content (AvgIpc) is 3.44. The van der Waals surface area contributed by atoms with Gasteiger partial charge >= 0.3 is 5.92 Å².